The van der Waals surface area contributed by atoms with Crippen molar-refractivity contribution in [3.8, 4) is 0 Å². The number of amides is 2. The zero-order valence-electron chi connectivity index (χ0n) is 26.0. The fourth-order valence-corrected chi connectivity index (χ4v) is 7.78. The number of rotatable bonds is 13. The molecule has 0 radical (unpaired) electrons. The van der Waals surface area contributed by atoms with Crippen LogP contribution < -0.4 is 9.62 Å². The highest BCUT2D eigenvalue weighted by molar-refractivity contribution is 9.10. The first-order valence-corrected chi connectivity index (χ1v) is 18.0. The molecule has 1 N–H and O–H groups in total. The Balaban J connectivity index is 1.56. The van der Waals surface area contributed by atoms with Gasteiger partial charge in [-0.3, -0.25) is 13.9 Å². The van der Waals surface area contributed by atoms with E-state index in [9.17, 15) is 18.0 Å². The first-order chi connectivity index (χ1) is 22.2. The zero-order valence-corrected chi connectivity index (χ0v) is 28.4. The Morgan fingerprint density at radius 2 is 1.46 bits per heavy atom. The molecule has 7 nitrogen and oxygen atoms in total. The Bertz CT molecular complexity index is 1710. The molecule has 5 rings (SSSR count). The third kappa shape index (κ3) is 8.44. The van der Waals surface area contributed by atoms with E-state index in [2.05, 4.69) is 21.2 Å². The van der Waals surface area contributed by atoms with Gasteiger partial charge >= 0.3 is 0 Å². The maximum Gasteiger partial charge on any atom is 0.264 e. The molecule has 0 aliphatic heterocycles. The number of nitrogens with one attached hydrogen (secondary N) is 1. The molecule has 4 aromatic rings. The van der Waals surface area contributed by atoms with Gasteiger partial charge in [-0.2, -0.15) is 0 Å². The Kier molecular flexibility index (Phi) is 11.3. The smallest absolute Gasteiger partial charge is 0.264 e. The summed E-state index contributed by atoms with van der Waals surface area (Å²) in [7, 11) is -4.13. The van der Waals surface area contributed by atoms with E-state index in [1.54, 1.807) is 35.2 Å². The van der Waals surface area contributed by atoms with Gasteiger partial charge in [-0.1, -0.05) is 108 Å². The Labute approximate surface area is 280 Å². The van der Waals surface area contributed by atoms with Gasteiger partial charge in [0.1, 0.15) is 12.6 Å². The Morgan fingerprint density at radius 1 is 0.826 bits per heavy atom. The lowest BCUT2D eigenvalue weighted by Crippen LogP contribution is -2.54. The third-order valence-electron chi connectivity index (χ3n) is 8.46. The number of carbonyl (C=O) groups excluding carboxylic acids is 2. The van der Waals surface area contributed by atoms with Crippen molar-refractivity contribution < 1.29 is 18.0 Å². The van der Waals surface area contributed by atoms with Gasteiger partial charge in [-0.15, -0.1) is 0 Å². The zero-order chi connectivity index (χ0) is 32.5. The highest BCUT2D eigenvalue weighted by atomic mass is 79.9. The van der Waals surface area contributed by atoms with E-state index < -0.39 is 28.5 Å². The molecule has 1 saturated carbocycles. The van der Waals surface area contributed by atoms with Crippen molar-refractivity contribution in [1.29, 1.82) is 0 Å². The predicted octanol–water partition coefficient (Wildman–Crippen LogP) is 6.91. The molecule has 240 valence electrons. The summed E-state index contributed by atoms with van der Waals surface area (Å²) in [6.07, 6.45) is 4.99. The van der Waals surface area contributed by atoms with E-state index in [0.717, 1.165) is 57.6 Å². The normalized spacial score (nSPS) is 14.0. The summed E-state index contributed by atoms with van der Waals surface area (Å²) < 4.78 is 30.3. The lowest BCUT2D eigenvalue weighted by atomic mass is 10.0. The van der Waals surface area contributed by atoms with Crippen LogP contribution in [0.4, 0.5) is 5.69 Å². The van der Waals surface area contributed by atoms with Crippen molar-refractivity contribution in [1.82, 2.24) is 10.2 Å². The fourth-order valence-electron chi connectivity index (χ4n) is 5.90. The van der Waals surface area contributed by atoms with Gasteiger partial charge in [-0.25, -0.2) is 8.42 Å². The van der Waals surface area contributed by atoms with E-state index in [1.165, 1.54) is 12.1 Å². The maximum atomic E-state index is 14.6. The molecule has 46 heavy (non-hydrogen) atoms. The molecule has 1 fully saturated rings. The van der Waals surface area contributed by atoms with Crippen LogP contribution in [0, 0.1) is 0 Å². The number of sulfonamides is 1. The summed E-state index contributed by atoms with van der Waals surface area (Å²) in [6, 6.07) is 31.8. The monoisotopic (exact) mass is 701 g/mol. The SMILES string of the molecule is CCc1ccc(N(CC(=O)N(Cc2cccc(Br)c2)C(Cc2ccccc2)C(=O)NC2CCCC2)S(=O)(=O)c2ccccc2)cc1. The predicted molar refractivity (Wildman–Crippen MR) is 186 cm³/mol. The van der Waals surface area contributed by atoms with E-state index in [1.807, 2.05) is 73.7 Å². The number of nitrogens with zero attached hydrogens (tertiary/aromatic N) is 2. The summed E-state index contributed by atoms with van der Waals surface area (Å²) in [5, 5.41) is 3.21. The van der Waals surface area contributed by atoms with Crippen molar-refractivity contribution >= 4 is 43.5 Å². The minimum atomic E-state index is -4.13. The molecule has 0 bridgehead atoms. The van der Waals surface area contributed by atoms with Crippen molar-refractivity contribution in [2.45, 2.75) is 69.0 Å². The van der Waals surface area contributed by atoms with Gasteiger partial charge in [0.05, 0.1) is 10.6 Å². The second-order valence-corrected chi connectivity index (χ2v) is 14.5. The molecule has 0 spiro atoms. The first-order valence-electron chi connectivity index (χ1n) is 15.8. The molecule has 9 heteroatoms. The number of aryl methyl sites for hydroxylation is 1. The van der Waals surface area contributed by atoms with Crippen LogP contribution in [0.3, 0.4) is 0 Å². The molecular weight excluding hydrogens is 662 g/mol. The van der Waals surface area contributed by atoms with E-state index in [4.69, 9.17) is 0 Å². The number of benzene rings is 4. The van der Waals surface area contributed by atoms with Gasteiger partial charge < -0.3 is 10.2 Å². The topological polar surface area (TPSA) is 86.8 Å². The summed E-state index contributed by atoms with van der Waals surface area (Å²) in [5.74, 6) is -0.703. The van der Waals surface area contributed by atoms with Crippen LogP contribution in [0.15, 0.2) is 119 Å². The second kappa shape index (κ2) is 15.6. The fraction of sp³-hybridized carbons (Fsp3) is 0.297. The summed E-state index contributed by atoms with van der Waals surface area (Å²) in [6.45, 7) is 1.68. The standard InChI is InChI=1S/C37H40BrN3O4S/c1-2-28-20-22-33(23-21-28)41(46(44,45)34-18-7-4-8-19-34)27-36(42)40(26-30-14-11-15-31(38)24-30)35(25-29-12-5-3-6-13-29)37(43)39-32-16-9-10-17-32/h3-8,11-15,18-24,32,35H,2,9-10,16-17,25-27H2,1H3,(H,39,43). The number of hydrogen-bond donors (Lipinski definition) is 1. The van der Waals surface area contributed by atoms with E-state index in [-0.39, 0.29) is 29.8 Å². The molecule has 2 amide bonds. The Hall–Kier alpha value is -3.95. The van der Waals surface area contributed by atoms with Crippen molar-refractivity contribution in [3.63, 3.8) is 0 Å². The molecule has 0 saturated heterocycles. The average Bonchev–Trinajstić information content (AvgIpc) is 3.59. The molecule has 1 aliphatic rings. The number of halogens is 1. The van der Waals surface area contributed by atoms with Crippen LogP contribution in [0.25, 0.3) is 0 Å². The van der Waals surface area contributed by atoms with E-state index in [0.29, 0.717) is 5.69 Å². The van der Waals surface area contributed by atoms with Crippen LogP contribution in [0.2, 0.25) is 0 Å². The number of anilines is 1. The van der Waals surface area contributed by atoms with Gasteiger partial charge in [-0.05, 0) is 72.4 Å². The third-order valence-corrected chi connectivity index (χ3v) is 10.7. The van der Waals surface area contributed by atoms with Gasteiger partial charge in [0.15, 0.2) is 0 Å². The number of carbonyl (C=O) groups is 2. The first kappa shape index (κ1) is 33.4. The minimum Gasteiger partial charge on any atom is -0.352 e. The van der Waals surface area contributed by atoms with Gasteiger partial charge in [0.25, 0.3) is 10.0 Å². The minimum absolute atomic E-state index is 0.0561. The van der Waals surface area contributed by atoms with Crippen LogP contribution >= 0.6 is 15.9 Å². The summed E-state index contributed by atoms with van der Waals surface area (Å²) in [4.78, 5) is 30.4. The molecule has 1 aliphatic carbocycles. The molecule has 0 heterocycles. The van der Waals surface area contributed by atoms with Crippen molar-refractivity contribution in [3.05, 3.63) is 130 Å². The number of hydrogen-bond acceptors (Lipinski definition) is 4. The van der Waals surface area contributed by atoms with Gasteiger partial charge in [0, 0.05) is 23.5 Å². The Morgan fingerprint density at radius 3 is 2.09 bits per heavy atom. The van der Waals surface area contributed by atoms with Crippen LogP contribution in [-0.2, 0) is 39.0 Å². The molecule has 0 aromatic heterocycles. The molecule has 1 atom stereocenters. The van der Waals surface area contributed by atoms with Crippen LogP contribution in [0.5, 0.6) is 0 Å². The van der Waals surface area contributed by atoms with Crippen LogP contribution in [-0.4, -0.2) is 43.8 Å². The summed E-state index contributed by atoms with van der Waals surface area (Å²) in [5.41, 5.74) is 3.16. The lowest BCUT2D eigenvalue weighted by molar-refractivity contribution is -0.140. The lowest BCUT2D eigenvalue weighted by Gasteiger charge is -2.34. The molecular formula is C37H40BrN3O4S. The quantitative estimate of drug-likeness (QED) is 0.164. The molecule has 1 unspecified atom stereocenters. The van der Waals surface area contributed by atoms with Crippen molar-refractivity contribution in [2.75, 3.05) is 10.8 Å². The average molecular weight is 703 g/mol. The van der Waals surface area contributed by atoms with E-state index >= 15 is 0 Å². The highest BCUT2D eigenvalue weighted by Crippen LogP contribution is 2.26. The maximum absolute atomic E-state index is 14.6. The summed E-state index contributed by atoms with van der Waals surface area (Å²) >= 11 is 3.53. The van der Waals surface area contributed by atoms with Crippen molar-refractivity contribution in [2.24, 2.45) is 0 Å². The van der Waals surface area contributed by atoms with Crippen LogP contribution in [0.1, 0.15) is 49.3 Å². The second-order valence-electron chi connectivity index (χ2n) is 11.7. The molecule has 4 aromatic carbocycles. The largest absolute Gasteiger partial charge is 0.352 e. The highest BCUT2D eigenvalue weighted by Gasteiger charge is 2.35. The van der Waals surface area contributed by atoms with Gasteiger partial charge in [0.2, 0.25) is 11.8 Å².